The van der Waals surface area contributed by atoms with E-state index in [2.05, 4.69) is 5.32 Å². The second kappa shape index (κ2) is 7.65. The molecule has 2 rings (SSSR count). The molecule has 1 unspecified atom stereocenters. The Morgan fingerprint density at radius 1 is 1.13 bits per heavy atom. The van der Waals surface area contributed by atoms with E-state index in [-0.39, 0.29) is 5.91 Å². The highest BCUT2D eigenvalue weighted by Crippen LogP contribution is 2.18. The summed E-state index contributed by atoms with van der Waals surface area (Å²) in [5.41, 5.74) is 6.13. The molecule has 23 heavy (non-hydrogen) atoms. The van der Waals surface area contributed by atoms with E-state index < -0.39 is 12.0 Å². The highest BCUT2D eigenvalue weighted by molar-refractivity contribution is 6.30. The van der Waals surface area contributed by atoms with Crippen LogP contribution in [-0.2, 0) is 4.79 Å². The molecular weight excluding hydrogens is 316 g/mol. The minimum absolute atomic E-state index is 0.269. The van der Waals surface area contributed by atoms with Crippen LogP contribution in [0.4, 0.5) is 5.69 Å². The van der Waals surface area contributed by atoms with Gasteiger partial charge < -0.3 is 15.8 Å². The molecule has 0 aliphatic rings. The zero-order valence-electron chi connectivity index (χ0n) is 12.6. The van der Waals surface area contributed by atoms with Crippen molar-refractivity contribution in [2.75, 3.05) is 5.32 Å². The van der Waals surface area contributed by atoms with Crippen molar-refractivity contribution in [1.82, 2.24) is 0 Å². The van der Waals surface area contributed by atoms with E-state index in [9.17, 15) is 9.59 Å². The van der Waals surface area contributed by atoms with Crippen molar-refractivity contribution in [2.45, 2.75) is 19.4 Å². The lowest BCUT2D eigenvalue weighted by Gasteiger charge is -2.17. The largest absolute Gasteiger partial charge is 0.481 e. The number of ether oxygens (including phenoxy) is 1. The standard InChI is InChI=1S/C17H17ClN2O3/c1-2-15(23-14-9-5-12(18)6-10-14)17(22)20-13-7-3-11(4-8-13)16(19)21/h3-10,15H,2H2,1H3,(H2,19,21)(H,20,22). The first-order chi connectivity index (χ1) is 11.0. The minimum Gasteiger partial charge on any atom is -0.481 e. The number of rotatable bonds is 6. The quantitative estimate of drug-likeness (QED) is 0.852. The zero-order valence-corrected chi connectivity index (χ0v) is 13.3. The van der Waals surface area contributed by atoms with Gasteiger partial charge in [0.1, 0.15) is 5.75 Å². The molecule has 6 heteroatoms. The van der Waals surface area contributed by atoms with Gasteiger partial charge in [0.2, 0.25) is 5.91 Å². The summed E-state index contributed by atoms with van der Waals surface area (Å²) in [5, 5.41) is 3.35. The lowest BCUT2D eigenvalue weighted by Crippen LogP contribution is -2.32. The van der Waals surface area contributed by atoms with Crippen LogP contribution >= 0.6 is 11.6 Å². The smallest absolute Gasteiger partial charge is 0.265 e. The molecule has 2 aromatic carbocycles. The van der Waals surface area contributed by atoms with Crippen LogP contribution in [0.1, 0.15) is 23.7 Å². The average Bonchev–Trinajstić information content (AvgIpc) is 2.54. The summed E-state index contributed by atoms with van der Waals surface area (Å²) in [6, 6.07) is 13.2. The minimum atomic E-state index is -0.632. The monoisotopic (exact) mass is 332 g/mol. The Morgan fingerprint density at radius 2 is 1.74 bits per heavy atom. The fraction of sp³-hybridized carbons (Fsp3) is 0.176. The van der Waals surface area contributed by atoms with Crippen molar-refractivity contribution in [3.63, 3.8) is 0 Å². The Bertz CT molecular complexity index is 684. The maximum Gasteiger partial charge on any atom is 0.265 e. The summed E-state index contributed by atoms with van der Waals surface area (Å²) < 4.78 is 5.67. The number of hydrogen-bond donors (Lipinski definition) is 2. The Labute approximate surface area is 139 Å². The van der Waals surface area contributed by atoms with Crippen LogP contribution in [0.3, 0.4) is 0 Å². The van der Waals surface area contributed by atoms with Gasteiger partial charge in [0.25, 0.3) is 5.91 Å². The highest BCUT2D eigenvalue weighted by Gasteiger charge is 2.18. The van der Waals surface area contributed by atoms with Crippen LogP contribution in [0.2, 0.25) is 5.02 Å². The third-order valence-electron chi connectivity index (χ3n) is 3.19. The maximum absolute atomic E-state index is 12.3. The second-order valence-electron chi connectivity index (χ2n) is 4.90. The highest BCUT2D eigenvalue weighted by atomic mass is 35.5. The van der Waals surface area contributed by atoms with E-state index in [1.165, 1.54) is 0 Å². The molecule has 2 amide bonds. The van der Waals surface area contributed by atoms with Crippen LogP contribution in [-0.4, -0.2) is 17.9 Å². The van der Waals surface area contributed by atoms with Crippen LogP contribution in [0.25, 0.3) is 0 Å². The first-order valence-electron chi connectivity index (χ1n) is 7.12. The number of anilines is 1. The number of carbonyl (C=O) groups is 2. The molecule has 0 saturated heterocycles. The average molecular weight is 333 g/mol. The molecule has 3 N–H and O–H groups in total. The van der Waals surface area contributed by atoms with Crippen LogP contribution in [0.5, 0.6) is 5.75 Å². The van der Waals surface area contributed by atoms with E-state index in [0.29, 0.717) is 28.4 Å². The Kier molecular flexibility index (Phi) is 5.60. The molecule has 0 radical (unpaired) electrons. The number of nitrogens with one attached hydrogen (secondary N) is 1. The molecule has 0 bridgehead atoms. The predicted octanol–water partition coefficient (Wildman–Crippen LogP) is 3.24. The Morgan fingerprint density at radius 3 is 2.26 bits per heavy atom. The summed E-state index contributed by atoms with van der Waals surface area (Å²) in [6.45, 7) is 1.86. The number of nitrogens with two attached hydrogens (primary N) is 1. The van der Waals surface area contributed by atoms with E-state index in [0.717, 1.165) is 0 Å². The third-order valence-corrected chi connectivity index (χ3v) is 3.44. The normalized spacial score (nSPS) is 11.6. The lowest BCUT2D eigenvalue weighted by atomic mass is 10.2. The SMILES string of the molecule is CCC(Oc1ccc(Cl)cc1)C(=O)Nc1ccc(C(N)=O)cc1. The van der Waals surface area contributed by atoms with Crippen molar-refractivity contribution >= 4 is 29.1 Å². The zero-order chi connectivity index (χ0) is 16.8. The second-order valence-corrected chi connectivity index (χ2v) is 5.34. The van der Waals surface area contributed by atoms with E-state index >= 15 is 0 Å². The molecule has 1 atom stereocenters. The number of halogens is 1. The third kappa shape index (κ3) is 4.72. The van der Waals surface area contributed by atoms with Crippen molar-refractivity contribution in [2.24, 2.45) is 5.73 Å². The van der Waals surface area contributed by atoms with Gasteiger partial charge in [-0.15, -0.1) is 0 Å². The molecule has 0 fully saturated rings. The molecular formula is C17H17ClN2O3. The molecule has 0 aromatic heterocycles. The van der Waals surface area contributed by atoms with Crippen molar-refractivity contribution in [3.8, 4) is 5.75 Å². The number of amides is 2. The Balaban J connectivity index is 2.01. The molecule has 2 aromatic rings. The van der Waals surface area contributed by atoms with Gasteiger partial charge >= 0.3 is 0 Å². The van der Waals surface area contributed by atoms with E-state index in [1.807, 2.05) is 6.92 Å². The van der Waals surface area contributed by atoms with Gasteiger partial charge in [0, 0.05) is 16.3 Å². The molecule has 5 nitrogen and oxygen atoms in total. The maximum atomic E-state index is 12.3. The number of primary amides is 1. The van der Waals surface area contributed by atoms with Gasteiger partial charge in [-0.3, -0.25) is 9.59 Å². The first kappa shape index (κ1) is 16.8. The topological polar surface area (TPSA) is 81.4 Å². The molecule has 0 aliphatic carbocycles. The Hall–Kier alpha value is -2.53. The molecule has 0 aliphatic heterocycles. The molecule has 0 saturated carbocycles. The van der Waals surface area contributed by atoms with Crippen LogP contribution < -0.4 is 15.8 Å². The summed E-state index contributed by atoms with van der Waals surface area (Å²) >= 11 is 5.82. The number of hydrogen-bond acceptors (Lipinski definition) is 3. The summed E-state index contributed by atoms with van der Waals surface area (Å²) in [6.07, 6.45) is -0.125. The first-order valence-corrected chi connectivity index (χ1v) is 7.50. The van der Waals surface area contributed by atoms with Gasteiger partial charge in [-0.2, -0.15) is 0 Å². The molecule has 120 valence electrons. The predicted molar refractivity (Wildman–Crippen MR) is 89.7 cm³/mol. The van der Waals surface area contributed by atoms with Crippen molar-refractivity contribution in [3.05, 3.63) is 59.1 Å². The van der Waals surface area contributed by atoms with Crippen molar-refractivity contribution in [1.29, 1.82) is 0 Å². The number of benzene rings is 2. The van der Waals surface area contributed by atoms with Gasteiger partial charge in [-0.1, -0.05) is 18.5 Å². The van der Waals surface area contributed by atoms with Crippen molar-refractivity contribution < 1.29 is 14.3 Å². The summed E-state index contributed by atoms with van der Waals surface area (Å²) in [5.74, 6) is -0.213. The molecule has 0 spiro atoms. The lowest BCUT2D eigenvalue weighted by molar-refractivity contribution is -0.122. The summed E-state index contributed by atoms with van der Waals surface area (Å²) in [4.78, 5) is 23.3. The fourth-order valence-corrected chi connectivity index (χ4v) is 2.07. The number of carbonyl (C=O) groups excluding carboxylic acids is 2. The van der Waals surface area contributed by atoms with Gasteiger partial charge in [0.15, 0.2) is 6.10 Å². The van der Waals surface area contributed by atoms with Crippen LogP contribution in [0.15, 0.2) is 48.5 Å². The van der Waals surface area contributed by atoms with Gasteiger partial charge in [0.05, 0.1) is 0 Å². The van der Waals surface area contributed by atoms with E-state index in [4.69, 9.17) is 22.1 Å². The fourth-order valence-electron chi connectivity index (χ4n) is 1.94. The van der Waals surface area contributed by atoms with E-state index in [1.54, 1.807) is 48.5 Å². The van der Waals surface area contributed by atoms with Crippen LogP contribution in [0, 0.1) is 0 Å². The molecule has 0 heterocycles. The van der Waals surface area contributed by atoms with Gasteiger partial charge in [-0.05, 0) is 55.0 Å². The summed E-state index contributed by atoms with van der Waals surface area (Å²) in [7, 11) is 0. The van der Waals surface area contributed by atoms with Gasteiger partial charge in [-0.25, -0.2) is 0 Å².